The van der Waals surface area contributed by atoms with Gasteiger partial charge in [0.1, 0.15) is 5.82 Å². The van der Waals surface area contributed by atoms with E-state index in [0.29, 0.717) is 12.2 Å². The van der Waals surface area contributed by atoms with Gasteiger partial charge in [0.25, 0.3) is 0 Å². The molecule has 0 bridgehead atoms. The number of rotatable bonds is 5. The Balaban J connectivity index is 1.95. The van der Waals surface area contributed by atoms with Crippen LogP contribution in [0.5, 0.6) is 0 Å². The van der Waals surface area contributed by atoms with E-state index in [0.717, 1.165) is 25.6 Å². The van der Waals surface area contributed by atoms with Crippen molar-refractivity contribution >= 4 is 0 Å². The highest BCUT2D eigenvalue weighted by atomic mass is 19.1. The molecule has 2 heterocycles. The zero-order valence-electron chi connectivity index (χ0n) is 11.2. The molecule has 0 amide bonds. The molecule has 3 atom stereocenters. The minimum atomic E-state index is -0.708. The normalized spacial score (nSPS) is 23.5. The molecule has 0 saturated carbocycles. The summed E-state index contributed by atoms with van der Waals surface area (Å²) in [5.74, 6) is -0.409. The van der Waals surface area contributed by atoms with Crippen LogP contribution < -0.4 is 0 Å². The van der Waals surface area contributed by atoms with E-state index in [9.17, 15) is 14.6 Å². The molecule has 0 aliphatic carbocycles. The number of aliphatic hydroxyl groups excluding tert-OH is 2. The first-order valence-electron chi connectivity index (χ1n) is 6.76. The Morgan fingerprint density at radius 1 is 1.53 bits per heavy atom. The second-order valence-electron chi connectivity index (χ2n) is 5.30. The number of likely N-dealkylation sites (tertiary alicyclic amines) is 1. The first-order chi connectivity index (χ1) is 9.11. The Kier molecular flexibility index (Phi) is 4.85. The highest BCUT2D eigenvalue weighted by molar-refractivity contribution is 5.09. The number of hydrogen-bond donors (Lipinski definition) is 2. The fraction of sp³-hybridized carbons (Fsp3) is 0.643. The van der Waals surface area contributed by atoms with E-state index in [-0.39, 0.29) is 18.6 Å². The number of aliphatic hydroxyl groups is 2. The maximum Gasteiger partial charge on any atom is 0.141 e. The van der Waals surface area contributed by atoms with Gasteiger partial charge in [0.05, 0.1) is 24.6 Å². The van der Waals surface area contributed by atoms with E-state index >= 15 is 0 Å². The summed E-state index contributed by atoms with van der Waals surface area (Å²) in [4.78, 5) is 6.13. The Morgan fingerprint density at radius 3 is 2.95 bits per heavy atom. The molecule has 0 spiro atoms. The zero-order valence-corrected chi connectivity index (χ0v) is 11.2. The van der Waals surface area contributed by atoms with Crippen LogP contribution in [0.25, 0.3) is 0 Å². The van der Waals surface area contributed by atoms with Crippen LogP contribution >= 0.6 is 0 Å². The van der Waals surface area contributed by atoms with Crippen molar-refractivity contribution in [3.63, 3.8) is 0 Å². The molecule has 1 aromatic heterocycles. The molecule has 1 aliphatic rings. The minimum absolute atomic E-state index is 0.00916. The van der Waals surface area contributed by atoms with Crippen LogP contribution in [0.2, 0.25) is 0 Å². The summed E-state index contributed by atoms with van der Waals surface area (Å²) >= 11 is 0. The summed E-state index contributed by atoms with van der Waals surface area (Å²) < 4.78 is 12.8. The van der Waals surface area contributed by atoms with Crippen LogP contribution in [0.1, 0.15) is 31.6 Å². The largest absolute Gasteiger partial charge is 0.395 e. The van der Waals surface area contributed by atoms with Crippen molar-refractivity contribution in [2.45, 2.75) is 31.9 Å². The van der Waals surface area contributed by atoms with Crippen LogP contribution in [0.3, 0.4) is 0 Å². The topological polar surface area (TPSA) is 56.6 Å². The fourth-order valence-electron chi connectivity index (χ4n) is 2.67. The molecule has 0 radical (unpaired) electrons. The molecule has 3 unspecified atom stereocenters. The summed E-state index contributed by atoms with van der Waals surface area (Å²) in [6.07, 6.45) is 2.51. The molecular formula is C14H21FN2O2. The van der Waals surface area contributed by atoms with Gasteiger partial charge in [-0.3, -0.25) is 9.88 Å². The van der Waals surface area contributed by atoms with E-state index in [1.807, 2.05) is 6.92 Å². The maximum absolute atomic E-state index is 12.8. The van der Waals surface area contributed by atoms with E-state index in [1.54, 1.807) is 0 Å². The van der Waals surface area contributed by atoms with Crippen molar-refractivity contribution < 1.29 is 14.6 Å². The Morgan fingerprint density at radius 2 is 2.32 bits per heavy atom. The van der Waals surface area contributed by atoms with Crippen LogP contribution in [-0.2, 0) is 0 Å². The summed E-state index contributed by atoms with van der Waals surface area (Å²) in [7, 11) is 0. The second kappa shape index (κ2) is 6.41. The average molecular weight is 268 g/mol. The zero-order chi connectivity index (χ0) is 13.8. The van der Waals surface area contributed by atoms with Crippen molar-refractivity contribution in [2.75, 3.05) is 19.7 Å². The lowest BCUT2D eigenvalue weighted by molar-refractivity contribution is 0.0701. The molecule has 2 rings (SSSR count). The van der Waals surface area contributed by atoms with Gasteiger partial charge >= 0.3 is 0 Å². The quantitative estimate of drug-likeness (QED) is 0.846. The lowest BCUT2D eigenvalue weighted by Gasteiger charge is -2.28. The van der Waals surface area contributed by atoms with Gasteiger partial charge < -0.3 is 10.2 Å². The molecule has 1 aromatic rings. The number of halogens is 1. The highest BCUT2D eigenvalue weighted by Gasteiger charge is 2.27. The predicted molar refractivity (Wildman–Crippen MR) is 70.0 cm³/mol. The summed E-state index contributed by atoms with van der Waals surface area (Å²) in [5.41, 5.74) is 0.494. The lowest BCUT2D eigenvalue weighted by Crippen LogP contribution is -2.37. The number of nitrogens with zero attached hydrogens (tertiary/aromatic N) is 2. The average Bonchev–Trinajstić information content (AvgIpc) is 2.86. The smallest absolute Gasteiger partial charge is 0.141 e. The summed E-state index contributed by atoms with van der Waals surface area (Å²) in [5, 5.41) is 19.5. The fourth-order valence-corrected chi connectivity index (χ4v) is 2.67. The molecule has 0 aromatic carbocycles. The second-order valence-corrected chi connectivity index (χ2v) is 5.30. The molecule has 19 heavy (non-hydrogen) atoms. The van der Waals surface area contributed by atoms with Crippen LogP contribution in [0.15, 0.2) is 18.3 Å². The summed E-state index contributed by atoms with van der Waals surface area (Å²) in [6.45, 7) is 3.78. The van der Waals surface area contributed by atoms with Crippen molar-refractivity contribution in [1.82, 2.24) is 9.88 Å². The third kappa shape index (κ3) is 3.49. The molecule has 2 N–H and O–H groups in total. The molecular weight excluding hydrogens is 247 g/mol. The SMILES string of the molecule is CC(CN1CCCC1CO)C(O)c1ccc(F)cn1. The molecule has 5 heteroatoms. The first-order valence-corrected chi connectivity index (χ1v) is 6.76. The minimum Gasteiger partial charge on any atom is -0.395 e. The van der Waals surface area contributed by atoms with Gasteiger partial charge in [-0.25, -0.2) is 4.39 Å². The number of aromatic nitrogens is 1. The third-order valence-electron chi connectivity index (χ3n) is 3.82. The van der Waals surface area contributed by atoms with Crippen molar-refractivity contribution in [3.8, 4) is 0 Å². The van der Waals surface area contributed by atoms with Gasteiger partial charge in [0.15, 0.2) is 0 Å². The number of hydrogen-bond acceptors (Lipinski definition) is 4. The van der Waals surface area contributed by atoms with Crippen molar-refractivity contribution in [3.05, 3.63) is 29.8 Å². The van der Waals surface area contributed by atoms with Gasteiger partial charge in [-0.15, -0.1) is 0 Å². The van der Waals surface area contributed by atoms with Gasteiger partial charge in [0.2, 0.25) is 0 Å². The van der Waals surface area contributed by atoms with Crippen LogP contribution in [0, 0.1) is 11.7 Å². The third-order valence-corrected chi connectivity index (χ3v) is 3.82. The van der Waals surface area contributed by atoms with Crippen LogP contribution in [0.4, 0.5) is 4.39 Å². The summed E-state index contributed by atoms with van der Waals surface area (Å²) in [6, 6.07) is 3.03. The van der Waals surface area contributed by atoms with Gasteiger partial charge in [-0.2, -0.15) is 0 Å². The van der Waals surface area contributed by atoms with E-state index < -0.39 is 11.9 Å². The monoisotopic (exact) mass is 268 g/mol. The maximum atomic E-state index is 12.8. The highest BCUT2D eigenvalue weighted by Crippen LogP contribution is 2.24. The van der Waals surface area contributed by atoms with E-state index in [1.165, 1.54) is 12.1 Å². The van der Waals surface area contributed by atoms with E-state index in [4.69, 9.17) is 0 Å². The van der Waals surface area contributed by atoms with Gasteiger partial charge in [0, 0.05) is 18.5 Å². The molecule has 4 nitrogen and oxygen atoms in total. The van der Waals surface area contributed by atoms with Crippen molar-refractivity contribution in [2.24, 2.45) is 5.92 Å². The van der Waals surface area contributed by atoms with Gasteiger partial charge in [-0.1, -0.05) is 6.92 Å². The first kappa shape index (κ1) is 14.4. The van der Waals surface area contributed by atoms with Crippen LogP contribution in [-0.4, -0.2) is 45.8 Å². The Hall–Kier alpha value is -1.04. The molecule has 1 aliphatic heterocycles. The molecule has 106 valence electrons. The predicted octanol–water partition coefficient (Wildman–Crippen LogP) is 1.35. The molecule has 1 fully saturated rings. The number of pyridine rings is 1. The van der Waals surface area contributed by atoms with E-state index in [2.05, 4.69) is 9.88 Å². The molecule has 1 saturated heterocycles. The van der Waals surface area contributed by atoms with Gasteiger partial charge in [-0.05, 0) is 31.5 Å². The Bertz CT molecular complexity index is 399. The lowest BCUT2D eigenvalue weighted by atomic mass is 10.0. The van der Waals surface area contributed by atoms with Crippen molar-refractivity contribution in [1.29, 1.82) is 0 Å². The standard InChI is InChI=1S/C14H21FN2O2/c1-10(8-17-6-2-3-12(17)9-18)14(19)13-5-4-11(15)7-16-13/h4-5,7,10,12,14,18-19H,2-3,6,8-9H2,1H3. The Labute approximate surface area is 112 Å².